The van der Waals surface area contributed by atoms with Crippen molar-refractivity contribution in [3.05, 3.63) is 54.2 Å². The lowest BCUT2D eigenvalue weighted by atomic mass is 10.2. The van der Waals surface area contributed by atoms with Crippen LogP contribution in [0.2, 0.25) is 0 Å². The minimum Gasteiger partial charge on any atom is -0.493 e. The third kappa shape index (κ3) is 2.31. The molecule has 3 rings (SSSR count). The Labute approximate surface area is 121 Å². The number of hydrogen-bond donors (Lipinski definition) is 0. The topological polar surface area (TPSA) is 36.3 Å². The third-order valence-electron chi connectivity index (χ3n) is 3.45. The van der Waals surface area contributed by atoms with E-state index in [4.69, 9.17) is 9.47 Å². The highest BCUT2D eigenvalue weighted by Gasteiger charge is 2.13. The molecule has 2 aromatic heterocycles. The average Bonchev–Trinajstić information content (AvgIpc) is 2.91. The van der Waals surface area contributed by atoms with Gasteiger partial charge in [0, 0.05) is 23.8 Å². The molecule has 108 valence electrons. The number of halogens is 1. The molecule has 0 aliphatic heterocycles. The van der Waals surface area contributed by atoms with E-state index in [1.165, 1.54) is 6.07 Å². The maximum atomic E-state index is 13.7. The molecule has 4 nitrogen and oxygen atoms in total. The Kier molecular flexibility index (Phi) is 3.48. The third-order valence-corrected chi connectivity index (χ3v) is 3.45. The summed E-state index contributed by atoms with van der Waals surface area (Å²) in [5, 5.41) is 0.597. The van der Waals surface area contributed by atoms with Gasteiger partial charge in [-0.3, -0.25) is 4.98 Å². The molecule has 21 heavy (non-hydrogen) atoms. The van der Waals surface area contributed by atoms with Crippen molar-refractivity contribution >= 4 is 10.9 Å². The van der Waals surface area contributed by atoms with E-state index in [-0.39, 0.29) is 5.82 Å². The van der Waals surface area contributed by atoms with Crippen LogP contribution in [-0.2, 0) is 6.54 Å². The Hall–Kier alpha value is -2.56. The first kappa shape index (κ1) is 13.4. The fourth-order valence-corrected chi connectivity index (χ4v) is 2.45. The van der Waals surface area contributed by atoms with E-state index in [1.54, 1.807) is 38.6 Å². The molecule has 0 bridgehead atoms. The molecule has 2 heterocycles. The molecule has 0 fully saturated rings. The van der Waals surface area contributed by atoms with E-state index in [9.17, 15) is 4.39 Å². The Morgan fingerprint density at radius 2 is 2.00 bits per heavy atom. The summed E-state index contributed by atoms with van der Waals surface area (Å²) in [6, 6.07) is 8.54. The van der Waals surface area contributed by atoms with Gasteiger partial charge in [0.25, 0.3) is 0 Å². The number of methoxy groups -OCH3 is 2. The van der Waals surface area contributed by atoms with Gasteiger partial charge in [-0.15, -0.1) is 0 Å². The molecule has 0 radical (unpaired) electrons. The van der Waals surface area contributed by atoms with Gasteiger partial charge in [0.1, 0.15) is 11.5 Å². The zero-order valence-corrected chi connectivity index (χ0v) is 11.8. The zero-order chi connectivity index (χ0) is 14.8. The van der Waals surface area contributed by atoms with E-state index < -0.39 is 0 Å². The van der Waals surface area contributed by atoms with Crippen molar-refractivity contribution in [2.24, 2.45) is 0 Å². The second-order valence-corrected chi connectivity index (χ2v) is 4.61. The highest BCUT2D eigenvalue weighted by atomic mass is 19.1. The van der Waals surface area contributed by atoms with Crippen LogP contribution >= 0.6 is 0 Å². The highest BCUT2D eigenvalue weighted by Crippen LogP contribution is 2.30. The summed E-state index contributed by atoms with van der Waals surface area (Å²) in [6.45, 7) is 0.479. The van der Waals surface area contributed by atoms with E-state index in [1.807, 2.05) is 16.8 Å². The number of hydrogen-bond acceptors (Lipinski definition) is 3. The second kappa shape index (κ2) is 5.44. The Morgan fingerprint density at radius 3 is 2.76 bits per heavy atom. The largest absolute Gasteiger partial charge is 0.493 e. The van der Waals surface area contributed by atoms with Crippen LogP contribution in [0.1, 0.15) is 5.69 Å². The second-order valence-electron chi connectivity index (χ2n) is 4.61. The lowest BCUT2D eigenvalue weighted by Crippen LogP contribution is -2.04. The van der Waals surface area contributed by atoms with Crippen LogP contribution in [0.15, 0.2) is 42.7 Å². The lowest BCUT2D eigenvalue weighted by molar-refractivity contribution is 0.348. The quantitative estimate of drug-likeness (QED) is 0.738. The van der Waals surface area contributed by atoms with Crippen LogP contribution in [-0.4, -0.2) is 23.8 Å². The fraction of sp³-hybridized carbons (Fsp3) is 0.188. The first-order valence-corrected chi connectivity index (χ1v) is 6.54. The van der Waals surface area contributed by atoms with Gasteiger partial charge >= 0.3 is 0 Å². The smallest absolute Gasteiger partial charge is 0.184 e. The molecular formula is C16H15FN2O2. The van der Waals surface area contributed by atoms with Gasteiger partial charge in [0.05, 0.1) is 26.3 Å². The van der Waals surface area contributed by atoms with Crippen molar-refractivity contribution in [2.75, 3.05) is 14.2 Å². The first-order valence-electron chi connectivity index (χ1n) is 6.54. The van der Waals surface area contributed by atoms with E-state index in [0.717, 1.165) is 11.2 Å². The molecule has 3 aromatic rings. The maximum Gasteiger partial charge on any atom is 0.184 e. The van der Waals surface area contributed by atoms with Crippen molar-refractivity contribution in [2.45, 2.75) is 6.54 Å². The summed E-state index contributed by atoms with van der Waals surface area (Å²) < 4.78 is 26.3. The molecule has 0 amide bonds. The predicted molar refractivity (Wildman–Crippen MR) is 78.3 cm³/mol. The van der Waals surface area contributed by atoms with Crippen molar-refractivity contribution in [1.82, 2.24) is 9.55 Å². The molecule has 0 saturated carbocycles. The standard InChI is InChI=1S/C16H15FN2O2/c1-20-15-6-8-18-13(16(15)21-2)10-19-9-7-11-12(17)4-3-5-14(11)19/h3-9H,10H2,1-2H3. The molecule has 5 heteroatoms. The highest BCUT2D eigenvalue weighted by molar-refractivity contribution is 5.80. The predicted octanol–water partition coefficient (Wildman–Crippen LogP) is 3.24. The Morgan fingerprint density at radius 1 is 1.14 bits per heavy atom. The summed E-state index contributed by atoms with van der Waals surface area (Å²) in [4.78, 5) is 4.34. The first-order chi connectivity index (χ1) is 10.2. The van der Waals surface area contributed by atoms with E-state index in [2.05, 4.69) is 4.98 Å². The summed E-state index contributed by atoms with van der Waals surface area (Å²) in [5.41, 5.74) is 1.56. The molecule has 0 saturated heterocycles. The van der Waals surface area contributed by atoms with Crippen molar-refractivity contribution < 1.29 is 13.9 Å². The van der Waals surface area contributed by atoms with Crippen molar-refractivity contribution in [1.29, 1.82) is 0 Å². The summed E-state index contributed by atoms with van der Waals surface area (Å²) in [5.74, 6) is 1.00. The SMILES string of the molecule is COc1ccnc(Cn2ccc3c(F)cccc32)c1OC. The molecular weight excluding hydrogens is 271 g/mol. The summed E-state index contributed by atoms with van der Waals surface area (Å²) in [7, 11) is 3.17. The van der Waals surface area contributed by atoms with Crippen LogP contribution in [0, 0.1) is 5.82 Å². The van der Waals surface area contributed by atoms with Gasteiger partial charge in [-0.1, -0.05) is 6.07 Å². The zero-order valence-electron chi connectivity index (χ0n) is 11.8. The number of aromatic nitrogens is 2. The molecule has 1 aromatic carbocycles. The van der Waals surface area contributed by atoms with Crippen molar-refractivity contribution in [3.8, 4) is 11.5 Å². The summed E-state index contributed by atoms with van der Waals surface area (Å²) >= 11 is 0. The van der Waals surface area contributed by atoms with Gasteiger partial charge in [-0.2, -0.15) is 0 Å². The molecule has 0 N–H and O–H groups in total. The number of ether oxygens (including phenoxy) is 2. The Bertz CT molecular complexity index is 783. The number of nitrogens with zero attached hydrogens (tertiary/aromatic N) is 2. The number of rotatable bonds is 4. The van der Waals surface area contributed by atoms with Gasteiger partial charge in [0.15, 0.2) is 11.5 Å². The Balaban J connectivity index is 2.05. The van der Waals surface area contributed by atoms with Crippen LogP contribution in [0.3, 0.4) is 0 Å². The van der Waals surface area contributed by atoms with Crippen LogP contribution in [0.4, 0.5) is 4.39 Å². The summed E-state index contributed by atoms with van der Waals surface area (Å²) in [6.07, 6.45) is 3.51. The van der Waals surface area contributed by atoms with Crippen molar-refractivity contribution in [3.63, 3.8) is 0 Å². The fourth-order valence-electron chi connectivity index (χ4n) is 2.45. The molecule has 0 aliphatic carbocycles. The lowest BCUT2D eigenvalue weighted by Gasteiger charge is -2.12. The molecule has 0 spiro atoms. The van der Waals surface area contributed by atoms with Gasteiger partial charge in [-0.05, 0) is 18.2 Å². The van der Waals surface area contributed by atoms with Gasteiger partial charge in [0.2, 0.25) is 0 Å². The number of fused-ring (bicyclic) bond motifs is 1. The maximum absolute atomic E-state index is 13.7. The van der Waals surface area contributed by atoms with Gasteiger partial charge in [-0.25, -0.2) is 4.39 Å². The van der Waals surface area contributed by atoms with E-state index >= 15 is 0 Å². The molecule has 0 atom stereocenters. The van der Waals surface area contributed by atoms with Crippen LogP contribution < -0.4 is 9.47 Å². The average molecular weight is 286 g/mol. The van der Waals surface area contributed by atoms with Crippen LogP contribution in [0.5, 0.6) is 11.5 Å². The van der Waals surface area contributed by atoms with E-state index in [0.29, 0.717) is 23.4 Å². The van der Waals surface area contributed by atoms with Gasteiger partial charge < -0.3 is 14.0 Å². The monoisotopic (exact) mass is 286 g/mol. The molecule has 0 aliphatic rings. The van der Waals surface area contributed by atoms with Crippen LogP contribution in [0.25, 0.3) is 10.9 Å². The molecule has 0 unspecified atom stereocenters. The minimum absolute atomic E-state index is 0.225. The normalized spacial score (nSPS) is 10.8. The minimum atomic E-state index is -0.225. The number of benzene rings is 1. The number of pyridine rings is 1.